The Hall–Kier alpha value is -0.590. The third kappa shape index (κ3) is 2.45. The highest BCUT2D eigenvalue weighted by Crippen LogP contribution is 2.09. The fraction of sp³-hybridized carbons (Fsp3) is 0. The van der Waals surface area contributed by atoms with E-state index in [4.69, 9.17) is 4.52 Å². The van der Waals surface area contributed by atoms with Crippen LogP contribution in [-0.4, -0.2) is 0 Å². The molecule has 0 heterocycles. The smallest absolute Gasteiger partial charge is 0.122 e. The number of rotatable bonds is 1. The van der Waals surface area contributed by atoms with Crippen LogP contribution in [0.25, 0.3) is 0 Å². The second kappa shape index (κ2) is 4.30. The summed E-state index contributed by atoms with van der Waals surface area (Å²) < 4.78 is 4.83. The summed E-state index contributed by atoms with van der Waals surface area (Å²) >= 11 is 0. The maximum absolute atomic E-state index is 4.83. The largest absolute Gasteiger partial charge is 0.480 e. The maximum Gasteiger partial charge on any atom is 0.122 e. The lowest BCUT2D eigenvalue weighted by atomic mass is 10.3. The molecule has 0 aliphatic heterocycles. The molecule has 0 amide bonds. The van der Waals surface area contributed by atoms with Gasteiger partial charge in [0, 0.05) is 0 Å². The van der Waals surface area contributed by atoms with Crippen molar-refractivity contribution in [1.29, 1.82) is 0 Å². The van der Waals surface area contributed by atoms with E-state index in [9.17, 15) is 0 Å². The molecule has 0 bridgehead atoms. The molecule has 1 unspecified atom stereocenters. The molecule has 0 aromatic heterocycles. The van der Waals surface area contributed by atoms with Crippen LogP contribution >= 0.6 is 9.47 Å². The summed E-state index contributed by atoms with van der Waals surface area (Å²) in [5.74, 6) is 0.873. The molecule has 3 N–H and O–H groups in total. The van der Waals surface area contributed by atoms with E-state index in [1.54, 1.807) is 0 Å². The molecule has 2 nitrogen and oxygen atoms in total. The minimum absolute atomic E-state index is 0. The Morgan fingerprint density at radius 1 is 1.11 bits per heavy atom. The quantitative estimate of drug-likeness (QED) is 0.611. The predicted molar refractivity (Wildman–Crippen MR) is 41.8 cm³/mol. The highest BCUT2D eigenvalue weighted by Gasteiger charge is 1.80. The summed E-state index contributed by atoms with van der Waals surface area (Å²) in [6, 6.07) is 9.60. The Morgan fingerprint density at radius 2 is 1.67 bits per heavy atom. The highest BCUT2D eigenvalue weighted by atomic mass is 31.0. The summed E-state index contributed by atoms with van der Waals surface area (Å²) in [5, 5.41) is 0. The van der Waals surface area contributed by atoms with Crippen LogP contribution in [0.15, 0.2) is 30.3 Å². The molecule has 0 aliphatic rings. The second-order valence-corrected chi connectivity index (χ2v) is 1.67. The number of benzene rings is 1. The number of hydrogen-bond donors (Lipinski definition) is 1. The fourth-order valence-corrected chi connectivity index (χ4v) is 0.656. The van der Waals surface area contributed by atoms with E-state index in [0.717, 1.165) is 5.75 Å². The molecular formula is C6H10NOP. The molecule has 0 fully saturated rings. The van der Waals surface area contributed by atoms with Gasteiger partial charge in [0.1, 0.15) is 5.75 Å². The van der Waals surface area contributed by atoms with E-state index >= 15 is 0 Å². The molecule has 1 rings (SSSR count). The molecule has 50 valence electrons. The summed E-state index contributed by atoms with van der Waals surface area (Å²) in [5.41, 5.74) is 0. The van der Waals surface area contributed by atoms with Crippen LogP contribution in [-0.2, 0) is 0 Å². The van der Waals surface area contributed by atoms with Crippen LogP contribution in [0.4, 0.5) is 0 Å². The van der Waals surface area contributed by atoms with Gasteiger partial charge in [-0.3, -0.25) is 0 Å². The van der Waals surface area contributed by atoms with Gasteiger partial charge >= 0.3 is 0 Å². The summed E-state index contributed by atoms with van der Waals surface area (Å²) in [7, 11) is 2.19. The fourth-order valence-electron chi connectivity index (χ4n) is 0.499. The zero-order chi connectivity index (χ0) is 5.82. The monoisotopic (exact) mass is 143 g/mol. The lowest BCUT2D eigenvalue weighted by Gasteiger charge is -1.93. The lowest BCUT2D eigenvalue weighted by Crippen LogP contribution is -1.68. The third-order valence-corrected chi connectivity index (χ3v) is 1.15. The van der Waals surface area contributed by atoms with Crippen molar-refractivity contribution in [3.63, 3.8) is 0 Å². The molecule has 0 saturated heterocycles. The van der Waals surface area contributed by atoms with Crippen LogP contribution in [0.5, 0.6) is 5.75 Å². The van der Waals surface area contributed by atoms with Gasteiger partial charge in [0.2, 0.25) is 0 Å². The van der Waals surface area contributed by atoms with E-state index in [1.165, 1.54) is 0 Å². The van der Waals surface area contributed by atoms with E-state index < -0.39 is 0 Å². The SMILES string of the molecule is N.POc1ccccc1. The first-order valence-corrected chi connectivity index (χ1v) is 2.82. The van der Waals surface area contributed by atoms with Crippen LogP contribution in [0.1, 0.15) is 0 Å². The standard InChI is InChI=1S/C6H7OP.H3N/c8-7-6-4-2-1-3-5-6;/h1-5H,8H2;1H3. The first kappa shape index (κ1) is 8.41. The first-order chi connectivity index (χ1) is 3.93. The van der Waals surface area contributed by atoms with Crippen LogP contribution in [0.2, 0.25) is 0 Å². The van der Waals surface area contributed by atoms with Crippen molar-refractivity contribution in [2.75, 3.05) is 0 Å². The molecule has 9 heavy (non-hydrogen) atoms. The average molecular weight is 143 g/mol. The Bertz CT molecular complexity index is 154. The van der Waals surface area contributed by atoms with Gasteiger partial charge in [0.05, 0.1) is 9.47 Å². The van der Waals surface area contributed by atoms with Crippen LogP contribution in [0, 0.1) is 0 Å². The second-order valence-electron chi connectivity index (χ2n) is 1.43. The van der Waals surface area contributed by atoms with Crippen LogP contribution < -0.4 is 10.7 Å². The van der Waals surface area contributed by atoms with Crippen molar-refractivity contribution in [2.24, 2.45) is 0 Å². The Labute approximate surface area is 57.1 Å². The molecule has 1 aromatic rings. The number of hydrogen-bond acceptors (Lipinski definition) is 2. The zero-order valence-corrected chi connectivity index (χ0v) is 6.23. The molecule has 3 heteroatoms. The molecule has 0 radical (unpaired) electrons. The highest BCUT2D eigenvalue weighted by molar-refractivity contribution is 7.10. The summed E-state index contributed by atoms with van der Waals surface area (Å²) in [4.78, 5) is 0. The van der Waals surface area contributed by atoms with E-state index in [0.29, 0.717) is 0 Å². The molecule has 0 aliphatic carbocycles. The predicted octanol–water partition coefficient (Wildman–Crippen LogP) is 2.02. The van der Waals surface area contributed by atoms with Crippen molar-refractivity contribution < 1.29 is 4.52 Å². The van der Waals surface area contributed by atoms with Gasteiger partial charge in [-0.05, 0) is 12.1 Å². The molecular weight excluding hydrogens is 133 g/mol. The molecule has 0 saturated carbocycles. The summed E-state index contributed by atoms with van der Waals surface area (Å²) in [6.07, 6.45) is 0. The van der Waals surface area contributed by atoms with Crippen molar-refractivity contribution in [3.8, 4) is 5.75 Å². The summed E-state index contributed by atoms with van der Waals surface area (Å²) in [6.45, 7) is 0. The Kier molecular flexibility index (Phi) is 4.02. The topological polar surface area (TPSA) is 44.2 Å². The molecule has 1 aromatic carbocycles. The van der Waals surface area contributed by atoms with Gasteiger partial charge in [0.15, 0.2) is 0 Å². The van der Waals surface area contributed by atoms with Crippen LogP contribution in [0.3, 0.4) is 0 Å². The minimum atomic E-state index is 0. The normalized spacial score (nSPS) is 7.67. The number of para-hydroxylation sites is 1. The average Bonchev–Trinajstić information content (AvgIpc) is 1.90. The Balaban J connectivity index is 0.000000640. The van der Waals surface area contributed by atoms with Gasteiger partial charge < -0.3 is 10.7 Å². The Morgan fingerprint density at radius 3 is 2.00 bits per heavy atom. The third-order valence-electron chi connectivity index (χ3n) is 0.879. The van der Waals surface area contributed by atoms with Gasteiger partial charge in [0.25, 0.3) is 0 Å². The van der Waals surface area contributed by atoms with E-state index in [2.05, 4.69) is 9.47 Å². The van der Waals surface area contributed by atoms with Gasteiger partial charge in [-0.2, -0.15) is 0 Å². The lowest BCUT2D eigenvalue weighted by molar-refractivity contribution is 0.646. The van der Waals surface area contributed by atoms with Gasteiger partial charge in [-0.25, -0.2) is 0 Å². The maximum atomic E-state index is 4.83. The van der Waals surface area contributed by atoms with Gasteiger partial charge in [-0.1, -0.05) is 18.2 Å². The van der Waals surface area contributed by atoms with Crippen molar-refractivity contribution in [3.05, 3.63) is 30.3 Å². The van der Waals surface area contributed by atoms with E-state index in [1.807, 2.05) is 30.3 Å². The minimum Gasteiger partial charge on any atom is -0.480 e. The molecule has 1 atom stereocenters. The van der Waals surface area contributed by atoms with Crippen molar-refractivity contribution in [2.45, 2.75) is 0 Å². The first-order valence-electron chi connectivity index (χ1n) is 2.35. The molecule has 0 spiro atoms. The van der Waals surface area contributed by atoms with Crippen molar-refractivity contribution >= 4 is 9.47 Å². The van der Waals surface area contributed by atoms with E-state index in [-0.39, 0.29) is 6.15 Å². The van der Waals surface area contributed by atoms with Gasteiger partial charge in [-0.15, -0.1) is 0 Å². The zero-order valence-electron chi connectivity index (χ0n) is 5.08. The van der Waals surface area contributed by atoms with Crippen molar-refractivity contribution in [1.82, 2.24) is 6.15 Å².